The van der Waals surface area contributed by atoms with E-state index in [0.717, 1.165) is 26.1 Å². The molecule has 0 aliphatic rings. The average Bonchev–Trinajstić information content (AvgIpc) is 2.41. The highest BCUT2D eigenvalue weighted by Gasteiger charge is 2.08. The molecule has 20 heavy (non-hydrogen) atoms. The molecule has 0 unspecified atom stereocenters. The van der Waals surface area contributed by atoms with Crippen LogP contribution in [-0.2, 0) is 0 Å². The third-order valence-corrected chi connectivity index (χ3v) is 3.96. The average molecular weight is 402 g/mol. The van der Waals surface area contributed by atoms with Crippen LogP contribution in [0.1, 0.15) is 0 Å². The lowest BCUT2D eigenvalue weighted by atomic mass is 10.2. The number of hydrogen-bond acceptors (Lipinski definition) is 4. The SMILES string of the molecule is COc1cc(N)cc(Nc2cc(OC)c(Br)cc2Br)c1. The van der Waals surface area contributed by atoms with Crippen molar-refractivity contribution in [3.63, 3.8) is 0 Å². The minimum atomic E-state index is 0.632. The van der Waals surface area contributed by atoms with Crippen LogP contribution in [0.25, 0.3) is 0 Å². The first-order chi connectivity index (χ1) is 9.53. The molecule has 0 fully saturated rings. The minimum absolute atomic E-state index is 0.632. The summed E-state index contributed by atoms with van der Waals surface area (Å²) in [7, 11) is 3.23. The number of nitrogens with two attached hydrogens (primary N) is 1. The normalized spacial score (nSPS) is 10.2. The Morgan fingerprint density at radius 3 is 2.35 bits per heavy atom. The number of hydrogen-bond donors (Lipinski definition) is 2. The maximum absolute atomic E-state index is 5.84. The van der Waals surface area contributed by atoms with E-state index in [1.54, 1.807) is 20.3 Å². The molecule has 4 nitrogen and oxygen atoms in total. The number of benzene rings is 2. The molecule has 0 aliphatic carbocycles. The van der Waals surface area contributed by atoms with E-state index in [9.17, 15) is 0 Å². The van der Waals surface area contributed by atoms with Crippen molar-refractivity contribution < 1.29 is 9.47 Å². The molecule has 0 saturated carbocycles. The number of nitrogen functional groups attached to an aromatic ring is 1. The van der Waals surface area contributed by atoms with Gasteiger partial charge in [0.1, 0.15) is 11.5 Å². The molecule has 0 atom stereocenters. The van der Waals surface area contributed by atoms with Gasteiger partial charge >= 0.3 is 0 Å². The minimum Gasteiger partial charge on any atom is -0.497 e. The Bertz CT molecular complexity index is 633. The molecule has 0 heterocycles. The third kappa shape index (κ3) is 3.37. The molecule has 2 rings (SSSR count). The first-order valence-corrected chi connectivity index (χ1v) is 7.36. The molecule has 0 aromatic heterocycles. The van der Waals surface area contributed by atoms with Crippen LogP contribution in [0, 0.1) is 0 Å². The fraction of sp³-hybridized carbons (Fsp3) is 0.143. The molecule has 0 spiro atoms. The lowest BCUT2D eigenvalue weighted by molar-refractivity contribution is 0.412. The summed E-state index contributed by atoms with van der Waals surface area (Å²) in [5, 5.41) is 3.28. The maximum Gasteiger partial charge on any atom is 0.135 e. The molecule has 0 radical (unpaired) electrons. The largest absolute Gasteiger partial charge is 0.497 e. The fourth-order valence-corrected chi connectivity index (χ4v) is 3.00. The van der Waals surface area contributed by atoms with E-state index in [2.05, 4.69) is 37.2 Å². The van der Waals surface area contributed by atoms with Crippen molar-refractivity contribution >= 4 is 48.9 Å². The standard InChI is InChI=1S/C14H14Br2N2O2/c1-19-10-4-8(17)3-9(5-10)18-13-7-14(20-2)12(16)6-11(13)15/h3-7,18H,17H2,1-2H3. The summed E-state index contributed by atoms with van der Waals surface area (Å²) >= 11 is 6.95. The molecule has 2 aromatic rings. The van der Waals surface area contributed by atoms with Crippen LogP contribution in [0.3, 0.4) is 0 Å². The monoisotopic (exact) mass is 400 g/mol. The second-order valence-corrected chi connectivity index (χ2v) is 5.80. The quantitative estimate of drug-likeness (QED) is 0.737. The van der Waals surface area contributed by atoms with Crippen LogP contribution >= 0.6 is 31.9 Å². The highest BCUT2D eigenvalue weighted by atomic mass is 79.9. The molecule has 3 N–H and O–H groups in total. The molecule has 6 heteroatoms. The summed E-state index contributed by atoms with van der Waals surface area (Å²) in [6.45, 7) is 0. The van der Waals surface area contributed by atoms with Gasteiger partial charge in [-0.05, 0) is 44.0 Å². The van der Waals surface area contributed by atoms with E-state index in [4.69, 9.17) is 15.2 Å². The van der Waals surface area contributed by atoms with Crippen LogP contribution in [-0.4, -0.2) is 14.2 Å². The molecule has 0 amide bonds. The number of ether oxygens (including phenoxy) is 2. The summed E-state index contributed by atoms with van der Waals surface area (Å²) in [5.41, 5.74) is 8.19. The van der Waals surface area contributed by atoms with E-state index in [1.165, 1.54) is 0 Å². The number of rotatable bonds is 4. The Kier molecular flexibility index (Phi) is 4.77. The first-order valence-electron chi connectivity index (χ1n) is 5.78. The van der Waals surface area contributed by atoms with E-state index in [1.807, 2.05) is 24.3 Å². The summed E-state index contributed by atoms with van der Waals surface area (Å²) in [4.78, 5) is 0. The van der Waals surface area contributed by atoms with Crippen LogP contribution in [0.5, 0.6) is 11.5 Å². The van der Waals surface area contributed by atoms with Crippen molar-refractivity contribution in [1.29, 1.82) is 0 Å². The summed E-state index contributed by atoms with van der Waals surface area (Å²) in [6, 6.07) is 9.29. The predicted octanol–water partition coefficient (Wildman–Crippen LogP) is 4.55. The molecular weight excluding hydrogens is 388 g/mol. The predicted molar refractivity (Wildman–Crippen MR) is 89.1 cm³/mol. The van der Waals surface area contributed by atoms with Gasteiger partial charge in [0.05, 0.1) is 24.4 Å². The number of halogens is 2. The molecular formula is C14H14Br2N2O2. The lowest BCUT2D eigenvalue weighted by Gasteiger charge is -2.13. The lowest BCUT2D eigenvalue weighted by Crippen LogP contribution is -1.96. The number of methoxy groups -OCH3 is 2. The molecule has 0 aliphatic heterocycles. The fourth-order valence-electron chi connectivity index (χ4n) is 1.75. The molecule has 2 aromatic carbocycles. The van der Waals surface area contributed by atoms with Crippen molar-refractivity contribution in [2.24, 2.45) is 0 Å². The zero-order valence-electron chi connectivity index (χ0n) is 11.0. The van der Waals surface area contributed by atoms with Gasteiger partial charge in [-0.3, -0.25) is 0 Å². The summed E-state index contributed by atoms with van der Waals surface area (Å²) in [6.07, 6.45) is 0. The van der Waals surface area contributed by atoms with Crippen molar-refractivity contribution in [3.8, 4) is 11.5 Å². The zero-order valence-corrected chi connectivity index (χ0v) is 14.2. The Hall–Kier alpha value is -1.40. The highest BCUT2D eigenvalue weighted by molar-refractivity contribution is 9.11. The maximum atomic E-state index is 5.84. The van der Waals surface area contributed by atoms with Crippen molar-refractivity contribution in [2.75, 3.05) is 25.3 Å². The van der Waals surface area contributed by atoms with Crippen molar-refractivity contribution in [2.45, 2.75) is 0 Å². The van der Waals surface area contributed by atoms with Gasteiger partial charge in [0, 0.05) is 34.0 Å². The second kappa shape index (κ2) is 6.37. The number of anilines is 3. The van der Waals surface area contributed by atoms with Gasteiger partial charge in [-0.15, -0.1) is 0 Å². The molecule has 0 saturated heterocycles. The molecule has 0 bridgehead atoms. The van der Waals surface area contributed by atoms with E-state index in [0.29, 0.717) is 11.4 Å². The Morgan fingerprint density at radius 1 is 0.950 bits per heavy atom. The van der Waals surface area contributed by atoms with Gasteiger partial charge < -0.3 is 20.5 Å². The second-order valence-electron chi connectivity index (χ2n) is 4.09. The van der Waals surface area contributed by atoms with Gasteiger partial charge in [-0.2, -0.15) is 0 Å². The zero-order chi connectivity index (χ0) is 14.7. The smallest absolute Gasteiger partial charge is 0.135 e. The van der Waals surface area contributed by atoms with E-state index in [-0.39, 0.29) is 0 Å². The molecule has 106 valence electrons. The van der Waals surface area contributed by atoms with Gasteiger partial charge in [-0.25, -0.2) is 0 Å². The van der Waals surface area contributed by atoms with Gasteiger partial charge in [0.25, 0.3) is 0 Å². The van der Waals surface area contributed by atoms with Gasteiger partial charge in [0.15, 0.2) is 0 Å². The van der Waals surface area contributed by atoms with Crippen LogP contribution < -0.4 is 20.5 Å². The number of nitrogens with one attached hydrogen (secondary N) is 1. The van der Waals surface area contributed by atoms with Crippen molar-refractivity contribution in [3.05, 3.63) is 39.3 Å². The van der Waals surface area contributed by atoms with E-state index >= 15 is 0 Å². The Morgan fingerprint density at radius 2 is 1.70 bits per heavy atom. The first kappa shape index (κ1) is 15.0. The van der Waals surface area contributed by atoms with E-state index < -0.39 is 0 Å². The van der Waals surface area contributed by atoms with Gasteiger partial charge in [-0.1, -0.05) is 0 Å². The van der Waals surface area contributed by atoms with Crippen molar-refractivity contribution in [1.82, 2.24) is 0 Å². The summed E-state index contributed by atoms with van der Waals surface area (Å²) in [5.74, 6) is 1.44. The van der Waals surface area contributed by atoms with Crippen LogP contribution in [0.4, 0.5) is 17.1 Å². The van der Waals surface area contributed by atoms with Gasteiger partial charge in [0.2, 0.25) is 0 Å². The Balaban J connectivity index is 2.36. The topological polar surface area (TPSA) is 56.5 Å². The Labute approximate surface area is 134 Å². The highest BCUT2D eigenvalue weighted by Crippen LogP contribution is 2.36. The van der Waals surface area contributed by atoms with Crippen LogP contribution in [0.15, 0.2) is 39.3 Å². The summed E-state index contributed by atoms with van der Waals surface area (Å²) < 4.78 is 12.3. The third-order valence-electron chi connectivity index (χ3n) is 2.69. The van der Waals surface area contributed by atoms with Crippen LogP contribution in [0.2, 0.25) is 0 Å².